The Bertz CT molecular complexity index is 1380. The van der Waals surface area contributed by atoms with E-state index in [1.165, 1.54) is 21.5 Å². The van der Waals surface area contributed by atoms with Crippen molar-refractivity contribution < 1.29 is 0 Å². The molecule has 3 aliphatic rings. The van der Waals surface area contributed by atoms with Gasteiger partial charge in [0, 0.05) is 21.5 Å². The molecule has 0 radical (unpaired) electrons. The molecule has 34 heavy (non-hydrogen) atoms. The minimum Gasteiger partial charge on any atom is -0.324 e. The highest BCUT2D eigenvalue weighted by molar-refractivity contribution is 5.81. The predicted octanol–water partition coefficient (Wildman–Crippen LogP) is 3.46. The van der Waals surface area contributed by atoms with Crippen molar-refractivity contribution in [2.24, 2.45) is 20.0 Å². The van der Waals surface area contributed by atoms with Crippen LogP contribution in [0, 0.1) is 0 Å². The molecule has 8 bridgehead atoms. The molecule has 2 aromatic carbocycles. The van der Waals surface area contributed by atoms with Crippen LogP contribution in [0.1, 0.15) is 51.4 Å². The first kappa shape index (κ1) is 20.1. The zero-order valence-corrected chi connectivity index (χ0v) is 19.4. The molecule has 0 spiro atoms. The van der Waals surface area contributed by atoms with Crippen LogP contribution in [0.5, 0.6) is 0 Å². The van der Waals surface area contributed by atoms with Crippen molar-refractivity contribution in [1.82, 2.24) is 9.97 Å². The lowest BCUT2D eigenvalue weighted by molar-refractivity contribution is 0.382. The summed E-state index contributed by atoms with van der Waals surface area (Å²) in [6, 6.07) is 18.2. The first-order chi connectivity index (χ1) is 16.8. The zero-order chi connectivity index (χ0) is 22.5. The van der Waals surface area contributed by atoms with Gasteiger partial charge in [0.05, 0.1) is 24.2 Å². The highest BCUT2D eigenvalue weighted by Gasteiger charge is 2.24. The summed E-state index contributed by atoms with van der Waals surface area (Å²) >= 11 is 0. The Balaban J connectivity index is 1.46. The molecule has 2 N–H and O–H groups in total. The Hall–Kier alpha value is -3.28. The van der Waals surface area contributed by atoms with E-state index in [-0.39, 0.29) is 24.2 Å². The Morgan fingerprint density at radius 2 is 0.765 bits per heavy atom. The lowest BCUT2D eigenvalue weighted by Crippen LogP contribution is -2.28. The van der Waals surface area contributed by atoms with Gasteiger partial charge >= 0.3 is 0 Å². The van der Waals surface area contributed by atoms with Gasteiger partial charge in [-0.25, -0.2) is 0 Å². The second-order valence-electron chi connectivity index (χ2n) is 10.2. The van der Waals surface area contributed by atoms with Crippen LogP contribution >= 0.6 is 0 Å². The average Bonchev–Trinajstić information content (AvgIpc) is 3.37. The van der Waals surface area contributed by atoms with Crippen molar-refractivity contribution in [3.8, 4) is 0 Å². The maximum atomic E-state index is 5.22. The van der Waals surface area contributed by atoms with Crippen molar-refractivity contribution in [3.05, 3.63) is 70.5 Å². The maximum absolute atomic E-state index is 5.22. The van der Waals surface area contributed by atoms with E-state index in [2.05, 4.69) is 58.5 Å². The van der Waals surface area contributed by atoms with Gasteiger partial charge in [-0.1, -0.05) is 48.5 Å². The maximum Gasteiger partial charge on any atom is 0.134 e. The normalized spacial score (nSPS) is 26.8. The summed E-state index contributed by atoms with van der Waals surface area (Å²) < 4.78 is 0. The summed E-state index contributed by atoms with van der Waals surface area (Å²) in [5.74, 6) is 0. The van der Waals surface area contributed by atoms with E-state index in [9.17, 15) is 0 Å². The first-order valence-corrected chi connectivity index (χ1v) is 12.8. The molecule has 172 valence electrons. The van der Waals surface area contributed by atoms with Gasteiger partial charge in [-0.05, 0) is 51.4 Å². The fraction of sp³-hybridized carbons (Fsp3) is 0.429. The van der Waals surface area contributed by atoms with E-state index >= 15 is 0 Å². The molecule has 0 saturated heterocycles. The molecule has 4 aromatic rings. The SMILES string of the molecule is c1ccc2c3[nH]c(c2c1)=N[C@@H]1CCC[C@@H](C1)N=c1[nH]c(c2ccccc12)=N[C@@H]1CCC[C@@H](C1)N=3. The van der Waals surface area contributed by atoms with Crippen molar-refractivity contribution in [2.75, 3.05) is 0 Å². The van der Waals surface area contributed by atoms with Gasteiger partial charge in [-0.15, -0.1) is 0 Å². The van der Waals surface area contributed by atoms with Crippen LogP contribution in [0.15, 0.2) is 68.5 Å². The van der Waals surface area contributed by atoms with Crippen LogP contribution < -0.4 is 22.0 Å². The minimum atomic E-state index is 0.273. The third-order valence-electron chi connectivity index (χ3n) is 7.83. The molecule has 4 atom stereocenters. The summed E-state index contributed by atoms with van der Waals surface area (Å²) in [4.78, 5) is 28.1. The summed E-state index contributed by atoms with van der Waals surface area (Å²) in [5, 5.41) is 4.73. The van der Waals surface area contributed by atoms with Crippen LogP contribution in [0.2, 0.25) is 0 Å². The van der Waals surface area contributed by atoms with Gasteiger partial charge in [0.1, 0.15) is 22.0 Å². The largest absolute Gasteiger partial charge is 0.324 e. The molecule has 3 heterocycles. The van der Waals surface area contributed by atoms with Crippen molar-refractivity contribution >= 4 is 21.5 Å². The number of aromatic amines is 2. The number of aromatic nitrogens is 2. The fourth-order valence-electron chi connectivity index (χ4n) is 6.17. The summed E-state index contributed by atoms with van der Waals surface area (Å²) in [6.07, 6.45) is 8.71. The van der Waals surface area contributed by atoms with Gasteiger partial charge in [-0.2, -0.15) is 0 Å². The standard InChI is InChI=1S/C28H30N6/c1-2-12-22-21(11-1)25-29-17-7-5-9-19(15-17)31-27-23-13-3-4-14-24(23)28(34-27)32-20-10-6-8-18(16-20)30-26(22)33-25/h1-4,11-14,17-20H,5-10,15-16H2,(H,29,30,33)(H,31,32,34)/t17-,18+,19+,20-. The van der Waals surface area contributed by atoms with E-state index in [0.29, 0.717) is 0 Å². The molecular formula is C28H30N6. The number of nitrogens with zero attached hydrogens (tertiary/aromatic N) is 4. The molecule has 2 aliphatic carbocycles. The van der Waals surface area contributed by atoms with Gasteiger partial charge < -0.3 is 9.97 Å². The Morgan fingerprint density at radius 3 is 1.06 bits per heavy atom. The second-order valence-corrected chi connectivity index (χ2v) is 10.2. The van der Waals surface area contributed by atoms with Gasteiger partial charge in [0.25, 0.3) is 0 Å². The molecule has 2 aromatic heterocycles. The van der Waals surface area contributed by atoms with E-state index in [1.54, 1.807) is 0 Å². The highest BCUT2D eigenvalue weighted by Crippen LogP contribution is 2.25. The molecule has 6 nitrogen and oxygen atoms in total. The zero-order valence-electron chi connectivity index (χ0n) is 19.4. The van der Waals surface area contributed by atoms with Crippen LogP contribution in [0.3, 0.4) is 0 Å². The molecule has 0 unspecified atom stereocenters. The number of fused-ring (bicyclic) bond motifs is 14. The number of rotatable bonds is 0. The van der Waals surface area contributed by atoms with Crippen LogP contribution in [-0.2, 0) is 0 Å². The van der Waals surface area contributed by atoms with Crippen LogP contribution in [-0.4, -0.2) is 34.1 Å². The Labute approximate surface area is 197 Å². The predicted molar refractivity (Wildman–Crippen MR) is 133 cm³/mol. The third-order valence-corrected chi connectivity index (χ3v) is 7.83. The second kappa shape index (κ2) is 8.19. The van der Waals surface area contributed by atoms with E-state index in [4.69, 9.17) is 20.0 Å². The molecule has 1 aliphatic heterocycles. The Morgan fingerprint density at radius 1 is 0.471 bits per heavy atom. The lowest BCUT2D eigenvalue weighted by atomic mass is 9.91. The summed E-state index contributed by atoms with van der Waals surface area (Å²) in [5.41, 5.74) is 3.93. The van der Waals surface area contributed by atoms with Crippen LogP contribution in [0.25, 0.3) is 21.5 Å². The number of hydrogen-bond donors (Lipinski definition) is 2. The van der Waals surface area contributed by atoms with Crippen molar-refractivity contribution in [3.63, 3.8) is 0 Å². The highest BCUT2D eigenvalue weighted by atomic mass is 15.0. The average molecular weight is 451 g/mol. The molecule has 2 saturated carbocycles. The van der Waals surface area contributed by atoms with E-state index < -0.39 is 0 Å². The molecule has 6 heteroatoms. The third kappa shape index (κ3) is 3.56. The Kier molecular flexibility index (Phi) is 4.85. The van der Waals surface area contributed by atoms with Crippen molar-refractivity contribution in [1.29, 1.82) is 0 Å². The quantitative estimate of drug-likeness (QED) is 0.411. The first-order valence-electron chi connectivity index (χ1n) is 12.8. The monoisotopic (exact) mass is 450 g/mol. The molecule has 7 rings (SSSR count). The van der Waals surface area contributed by atoms with E-state index in [1.807, 2.05) is 0 Å². The van der Waals surface area contributed by atoms with Gasteiger partial charge in [0.2, 0.25) is 0 Å². The number of benzene rings is 2. The topological polar surface area (TPSA) is 81.0 Å². The lowest BCUT2D eigenvalue weighted by Gasteiger charge is -2.23. The molecular weight excluding hydrogens is 420 g/mol. The number of nitrogens with one attached hydrogen (secondary N) is 2. The smallest absolute Gasteiger partial charge is 0.134 e. The number of hydrogen-bond acceptors (Lipinski definition) is 4. The fourth-order valence-corrected chi connectivity index (χ4v) is 6.17. The van der Waals surface area contributed by atoms with Crippen molar-refractivity contribution in [2.45, 2.75) is 75.5 Å². The van der Waals surface area contributed by atoms with Gasteiger partial charge in [-0.3, -0.25) is 20.0 Å². The van der Waals surface area contributed by atoms with E-state index in [0.717, 1.165) is 73.3 Å². The van der Waals surface area contributed by atoms with Gasteiger partial charge in [0.15, 0.2) is 0 Å². The summed E-state index contributed by atoms with van der Waals surface area (Å²) in [6.45, 7) is 0. The molecule has 0 amide bonds. The minimum absolute atomic E-state index is 0.273. The molecule has 2 fully saturated rings. The van der Waals surface area contributed by atoms with Crippen LogP contribution in [0.4, 0.5) is 0 Å². The summed E-state index contributed by atoms with van der Waals surface area (Å²) in [7, 11) is 0. The number of H-pyrrole nitrogens is 2.